The smallest absolute Gasteiger partial charge is 0.430 e. The minimum absolute atomic E-state index is 0.0432. The minimum Gasteiger partial charge on any atom is -0.430 e. The minimum atomic E-state index is -2.78. The summed E-state index contributed by atoms with van der Waals surface area (Å²) in [5.41, 5.74) is -0.153. The first-order valence-electron chi connectivity index (χ1n) is 5.36. The Labute approximate surface area is 106 Å². The number of halogens is 2. The summed E-state index contributed by atoms with van der Waals surface area (Å²) in [5, 5.41) is 10.4. The fraction of sp³-hybridized carbons (Fsp3) is 0.364. The first-order chi connectivity index (χ1) is 8.85. The average molecular weight is 273 g/mol. The van der Waals surface area contributed by atoms with E-state index in [2.05, 4.69) is 4.74 Å². The number of nitrogens with zero attached hydrogens (tertiary/aromatic N) is 1. The summed E-state index contributed by atoms with van der Waals surface area (Å²) in [5.74, 6) is -2.74. The summed E-state index contributed by atoms with van der Waals surface area (Å²) in [7, 11) is 0. The van der Waals surface area contributed by atoms with Gasteiger partial charge >= 0.3 is 6.16 Å². The van der Waals surface area contributed by atoms with Crippen LogP contribution in [0.25, 0.3) is 0 Å². The fourth-order valence-electron chi connectivity index (χ4n) is 1.58. The first-order valence-corrected chi connectivity index (χ1v) is 5.36. The lowest BCUT2D eigenvalue weighted by atomic mass is 9.91. The molecular formula is C11H9F2NO5. The highest BCUT2D eigenvalue weighted by atomic mass is 19.3. The van der Waals surface area contributed by atoms with Crippen molar-refractivity contribution in [2.45, 2.75) is 24.9 Å². The van der Waals surface area contributed by atoms with E-state index in [1.54, 1.807) is 0 Å². The molecule has 0 atom stereocenters. The highest BCUT2D eigenvalue weighted by Gasteiger charge is 2.47. The molecule has 1 aliphatic rings. The van der Waals surface area contributed by atoms with Crippen LogP contribution >= 0.6 is 0 Å². The Balaban J connectivity index is 1.84. The Kier molecular flexibility index (Phi) is 3.32. The van der Waals surface area contributed by atoms with Gasteiger partial charge in [0.05, 0.1) is 4.92 Å². The van der Waals surface area contributed by atoms with Gasteiger partial charge in [0.25, 0.3) is 11.6 Å². The van der Waals surface area contributed by atoms with Crippen LogP contribution in [-0.2, 0) is 4.74 Å². The van der Waals surface area contributed by atoms with Gasteiger partial charge in [-0.3, -0.25) is 10.1 Å². The predicted octanol–water partition coefficient (Wildman–Crippen LogP) is 2.91. The Hall–Kier alpha value is -2.25. The third kappa shape index (κ3) is 3.36. The first kappa shape index (κ1) is 13.2. The second kappa shape index (κ2) is 4.79. The number of carbonyl (C=O) groups is 1. The van der Waals surface area contributed by atoms with Crippen molar-refractivity contribution in [3.8, 4) is 5.75 Å². The number of ether oxygens (including phenoxy) is 2. The summed E-state index contributed by atoms with van der Waals surface area (Å²) in [6.45, 7) is 0. The van der Waals surface area contributed by atoms with Crippen LogP contribution in [0.15, 0.2) is 24.3 Å². The fourth-order valence-corrected chi connectivity index (χ4v) is 1.58. The summed E-state index contributed by atoms with van der Waals surface area (Å²) < 4.78 is 34.3. The Bertz CT molecular complexity index is 494. The van der Waals surface area contributed by atoms with Crippen molar-refractivity contribution in [1.29, 1.82) is 0 Å². The zero-order valence-electron chi connectivity index (χ0n) is 9.55. The maximum atomic E-state index is 12.5. The molecule has 1 aromatic rings. The van der Waals surface area contributed by atoms with Crippen molar-refractivity contribution >= 4 is 11.8 Å². The molecule has 2 rings (SSSR count). The number of carbonyl (C=O) groups excluding carboxylic acids is 1. The largest absolute Gasteiger partial charge is 0.514 e. The van der Waals surface area contributed by atoms with Crippen LogP contribution in [0.5, 0.6) is 5.75 Å². The molecule has 1 aliphatic carbocycles. The van der Waals surface area contributed by atoms with Crippen LogP contribution in [0.2, 0.25) is 0 Å². The zero-order valence-corrected chi connectivity index (χ0v) is 9.55. The third-order valence-corrected chi connectivity index (χ3v) is 2.56. The molecule has 0 N–H and O–H groups in total. The molecule has 6 nitrogen and oxygen atoms in total. The van der Waals surface area contributed by atoms with Gasteiger partial charge in [0.2, 0.25) is 0 Å². The molecule has 8 heteroatoms. The van der Waals surface area contributed by atoms with Gasteiger partial charge in [-0.25, -0.2) is 13.6 Å². The molecule has 0 amide bonds. The van der Waals surface area contributed by atoms with E-state index in [4.69, 9.17) is 4.74 Å². The molecule has 0 aliphatic heterocycles. The predicted molar refractivity (Wildman–Crippen MR) is 58.2 cm³/mol. The molecule has 0 saturated heterocycles. The van der Waals surface area contributed by atoms with E-state index in [0.29, 0.717) is 0 Å². The van der Waals surface area contributed by atoms with Gasteiger partial charge in [0.15, 0.2) is 0 Å². The molecule has 0 heterocycles. The molecule has 1 fully saturated rings. The van der Waals surface area contributed by atoms with Crippen molar-refractivity contribution in [3.63, 3.8) is 0 Å². The van der Waals surface area contributed by atoms with Crippen molar-refractivity contribution in [2.24, 2.45) is 0 Å². The lowest BCUT2D eigenvalue weighted by Crippen LogP contribution is -2.42. The van der Waals surface area contributed by atoms with Crippen LogP contribution in [0.4, 0.5) is 19.3 Å². The highest BCUT2D eigenvalue weighted by Crippen LogP contribution is 2.39. The molecule has 1 saturated carbocycles. The van der Waals surface area contributed by atoms with E-state index in [1.807, 2.05) is 0 Å². The number of hydrogen-bond donors (Lipinski definition) is 0. The number of benzene rings is 1. The van der Waals surface area contributed by atoms with E-state index < -0.39 is 35.9 Å². The normalized spacial score (nSPS) is 17.4. The summed E-state index contributed by atoms with van der Waals surface area (Å²) in [6, 6.07) is 4.74. The summed E-state index contributed by atoms with van der Waals surface area (Å²) in [6.07, 6.45) is -2.97. The van der Waals surface area contributed by atoms with Crippen LogP contribution < -0.4 is 4.74 Å². The second-order valence-corrected chi connectivity index (χ2v) is 4.11. The van der Waals surface area contributed by atoms with Gasteiger partial charge in [-0.2, -0.15) is 0 Å². The van der Waals surface area contributed by atoms with Crippen molar-refractivity contribution in [3.05, 3.63) is 34.4 Å². The molecule has 0 spiro atoms. The lowest BCUT2D eigenvalue weighted by molar-refractivity contribution is -0.384. The number of non-ortho nitro benzene ring substituents is 1. The van der Waals surface area contributed by atoms with Gasteiger partial charge in [-0.1, -0.05) is 0 Å². The molecule has 0 unspecified atom stereocenters. The Morgan fingerprint density at radius 1 is 1.32 bits per heavy atom. The number of alkyl halides is 2. The molecule has 19 heavy (non-hydrogen) atoms. The molecule has 1 aromatic carbocycles. The van der Waals surface area contributed by atoms with Gasteiger partial charge < -0.3 is 9.47 Å². The average Bonchev–Trinajstić information content (AvgIpc) is 2.27. The molecule has 0 radical (unpaired) electrons. The maximum absolute atomic E-state index is 12.5. The highest BCUT2D eigenvalue weighted by molar-refractivity contribution is 5.64. The van der Waals surface area contributed by atoms with Crippen molar-refractivity contribution in [2.75, 3.05) is 0 Å². The number of hydrogen-bond acceptors (Lipinski definition) is 5. The molecule has 0 aromatic heterocycles. The van der Waals surface area contributed by atoms with E-state index in [1.165, 1.54) is 12.1 Å². The van der Waals surface area contributed by atoms with Crippen molar-refractivity contribution < 1.29 is 28.0 Å². The van der Waals surface area contributed by atoms with Crippen LogP contribution in [0, 0.1) is 10.1 Å². The van der Waals surface area contributed by atoms with E-state index >= 15 is 0 Å². The van der Waals surface area contributed by atoms with Gasteiger partial charge in [0, 0.05) is 25.0 Å². The second-order valence-electron chi connectivity index (χ2n) is 4.11. The number of nitro benzene ring substituents is 1. The standard InChI is InChI=1S/C11H9F2NO5/c12-11(13)5-9(6-11)19-10(15)18-8-3-1-7(2-4-8)14(16)17/h1-4,9H,5-6H2. The zero-order chi connectivity index (χ0) is 14.0. The SMILES string of the molecule is O=C(Oc1ccc([N+](=O)[O-])cc1)OC1CC(F)(F)C1. The monoisotopic (exact) mass is 273 g/mol. The van der Waals surface area contributed by atoms with Gasteiger partial charge in [-0.05, 0) is 12.1 Å². The third-order valence-electron chi connectivity index (χ3n) is 2.56. The van der Waals surface area contributed by atoms with E-state index in [0.717, 1.165) is 12.1 Å². The van der Waals surface area contributed by atoms with Gasteiger partial charge in [-0.15, -0.1) is 0 Å². The van der Waals surface area contributed by atoms with Crippen molar-refractivity contribution in [1.82, 2.24) is 0 Å². The quantitative estimate of drug-likeness (QED) is 0.366. The summed E-state index contributed by atoms with van der Waals surface area (Å²) in [4.78, 5) is 21.0. The van der Waals surface area contributed by atoms with Crippen LogP contribution in [0.3, 0.4) is 0 Å². The number of nitro groups is 1. The van der Waals surface area contributed by atoms with Crippen LogP contribution in [-0.4, -0.2) is 23.1 Å². The molecule has 102 valence electrons. The molecular weight excluding hydrogens is 264 g/mol. The van der Waals surface area contributed by atoms with Gasteiger partial charge in [0.1, 0.15) is 11.9 Å². The lowest BCUT2D eigenvalue weighted by Gasteiger charge is -2.33. The summed E-state index contributed by atoms with van der Waals surface area (Å²) >= 11 is 0. The Morgan fingerprint density at radius 3 is 2.37 bits per heavy atom. The van der Waals surface area contributed by atoms with E-state index in [9.17, 15) is 23.7 Å². The topological polar surface area (TPSA) is 78.7 Å². The number of rotatable bonds is 3. The maximum Gasteiger partial charge on any atom is 0.514 e. The van der Waals surface area contributed by atoms with Crippen LogP contribution in [0.1, 0.15) is 12.8 Å². The van der Waals surface area contributed by atoms with E-state index in [-0.39, 0.29) is 11.4 Å². The Morgan fingerprint density at radius 2 is 1.89 bits per heavy atom. The molecule has 0 bridgehead atoms.